The van der Waals surface area contributed by atoms with Crippen LogP contribution < -0.4 is 0 Å². The van der Waals surface area contributed by atoms with Crippen LogP contribution in [0.15, 0.2) is 30.3 Å². The van der Waals surface area contributed by atoms with E-state index >= 15 is 0 Å². The highest BCUT2D eigenvalue weighted by atomic mass is 16.6. The average Bonchev–Trinajstić information content (AvgIpc) is 3.58. The molecule has 6 heteroatoms. The molecule has 2 saturated carbocycles. The second kappa shape index (κ2) is 12.5. The van der Waals surface area contributed by atoms with E-state index in [9.17, 15) is 4.79 Å². The topological polar surface area (TPSA) is 66.2 Å². The van der Waals surface area contributed by atoms with Gasteiger partial charge in [0.25, 0.3) is 0 Å². The van der Waals surface area contributed by atoms with Gasteiger partial charge in [-0.05, 0) is 88.5 Å². The molecule has 2 aliphatic rings. The van der Waals surface area contributed by atoms with Gasteiger partial charge >= 0.3 is 5.97 Å². The van der Waals surface area contributed by atoms with Crippen LogP contribution >= 0.6 is 0 Å². The second-order valence-electron chi connectivity index (χ2n) is 14.1. The van der Waals surface area contributed by atoms with Gasteiger partial charge in [0.05, 0.1) is 30.5 Å². The van der Waals surface area contributed by atoms with Gasteiger partial charge in [-0.15, -0.1) is 5.10 Å². The maximum Gasteiger partial charge on any atom is 0.306 e. The van der Waals surface area contributed by atoms with E-state index in [-0.39, 0.29) is 11.9 Å². The van der Waals surface area contributed by atoms with Gasteiger partial charge in [0.2, 0.25) is 0 Å². The number of aromatic nitrogens is 3. The van der Waals surface area contributed by atoms with Crippen LogP contribution in [0, 0.1) is 17.3 Å². The van der Waals surface area contributed by atoms with Crippen molar-refractivity contribution in [1.29, 1.82) is 0 Å². The molecule has 0 amide bonds. The van der Waals surface area contributed by atoms with Crippen molar-refractivity contribution in [3.05, 3.63) is 47.3 Å². The van der Waals surface area contributed by atoms with Gasteiger partial charge < -0.3 is 9.47 Å². The molecule has 0 aliphatic heterocycles. The first-order valence-electron chi connectivity index (χ1n) is 15.2. The summed E-state index contributed by atoms with van der Waals surface area (Å²) in [5.41, 5.74) is 3.36. The lowest BCUT2D eigenvalue weighted by Gasteiger charge is -2.42. The lowest BCUT2D eigenvalue weighted by Crippen LogP contribution is -2.33. The first kappa shape index (κ1) is 29.8. The van der Waals surface area contributed by atoms with Gasteiger partial charge in [0.1, 0.15) is 5.60 Å². The highest BCUT2D eigenvalue weighted by molar-refractivity contribution is 5.71. The van der Waals surface area contributed by atoms with E-state index in [0.717, 1.165) is 24.5 Å². The third-order valence-electron chi connectivity index (χ3n) is 8.83. The molecule has 216 valence electrons. The number of carbonyl (C=O) groups is 1. The zero-order valence-electron chi connectivity index (χ0n) is 25.4. The minimum absolute atomic E-state index is 0.000253. The van der Waals surface area contributed by atoms with Gasteiger partial charge in [-0.3, -0.25) is 4.79 Å². The molecule has 0 radical (unpaired) electrons. The van der Waals surface area contributed by atoms with E-state index in [1.165, 1.54) is 43.4 Å². The van der Waals surface area contributed by atoms with E-state index in [1.54, 1.807) is 0 Å². The number of hydrogen-bond acceptors (Lipinski definition) is 5. The molecule has 6 nitrogen and oxygen atoms in total. The van der Waals surface area contributed by atoms with Gasteiger partial charge in [-0.1, -0.05) is 63.2 Å². The fraction of sp³-hybridized carbons (Fsp3) is 0.727. The standard InChI is InChI=1S/C33H51N3O3/c1-23(2)33(6,7)21-25-18-28(19-25)36-31(26-15-16-26)30(34-35-36)27(20-29(37)39-32(3,4)5)14-11-17-38-22-24-12-9-8-10-13-24/h8-10,12-13,23,25-28H,11,14-22H2,1-7H3/t25-,27-,28+/m0/s1. The number of hydrogen-bond donors (Lipinski definition) is 0. The van der Waals surface area contributed by atoms with Gasteiger partial charge in [-0.2, -0.15) is 0 Å². The molecule has 2 aromatic rings. The number of carbonyl (C=O) groups excluding carboxylic acids is 1. The summed E-state index contributed by atoms with van der Waals surface area (Å²) >= 11 is 0. The molecule has 0 unspecified atom stereocenters. The lowest BCUT2D eigenvalue weighted by molar-refractivity contribution is -0.155. The minimum atomic E-state index is -0.498. The van der Waals surface area contributed by atoms with Crippen molar-refractivity contribution in [3.8, 4) is 0 Å². The van der Waals surface area contributed by atoms with Crippen molar-refractivity contribution in [3.63, 3.8) is 0 Å². The first-order valence-corrected chi connectivity index (χ1v) is 15.2. The van der Waals surface area contributed by atoms with Crippen LogP contribution in [-0.4, -0.2) is 33.2 Å². The van der Waals surface area contributed by atoms with Gasteiger partial charge in [0, 0.05) is 18.4 Å². The van der Waals surface area contributed by atoms with Crippen molar-refractivity contribution < 1.29 is 14.3 Å². The summed E-state index contributed by atoms with van der Waals surface area (Å²) in [5, 5.41) is 9.50. The molecule has 0 saturated heterocycles. The highest BCUT2D eigenvalue weighted by Gasteiger charge is 2.41. The van der Waals surface area contributed by atoms with Crippen molar-refractivity contribution in [2.75, 3.05) is 6.61 Å². The molecule has 1 aromatic carbocycles. The molecule has 1 heterocycles. The Hall–Kier alpha value is -2.21. The predicted molar refractivity (Wildman–Crippen MR) is 156 cm³/mol. The molecule has 0 spiro atoms. The monoisotopic (exact) mass is 537 g/mol. The lowest BCUT2D eigenvalue weighted by atomic mass is 9.67. The Morgan fingerprint density at radius 1 is 1.08 bits per heavy atom. The number of ether oxygens (including phenoxy) is 2. The van der Waals surface area contributed by atoms with E-state index in [1.807, 2.05) is 39.0 Å². The fourth-order valence-corrected chi connectivity index (χ4v) is 5.79. The summed E-state index contributed by atoms with van der Waals surface area (Å²) in [5.74, 6) is 1.80. The Balaban J connectivity index is 1.43. The average molecular weight is 538 g/mol. The smallest absolute Gasteiger partial charge is 0.306 e. The summed E-state index contributed by atoms with van der Waals surface area (Å²) in [6.07, 6.45) is 8.06. The molecule has 4 rings (SSSR count). The molecular weight excluding hydrogens is 486 g/mol. The Labute approximate surface area is 236 Å². The maximum atomic E-state index is 12.9. The van der Waals surface area contributed by atoms with Crippen LogP contribution in [0.5, 0.6) is 0 Å². The minimum Gasteiger partial charge on any atom is -0.460 e. The Morgan fingerprint density at radius 3 is 2.38 bits per heavy atom. The van der Waals surface area contributed by atoms with Crippen molar-refractivity contribution in [1.82, 2.24) is 15.0 Å². The summed E-state index contributed by atoms with van der Waals surface area (Å²) in [6.45, 7) is 16.5. The summed E-state index contributed by atoms with van der Waals surface area (Å²) in [4.78, 5) is 12.9. The summed E-state index contributed by atoms with van der Waals surface area (Å²) in [7, 11) is 0. The largest absolute Gasteiger partial charge is 0.460 e. The van der Waals surface area contributed by atoms with Crippen LogP contribution in [-0.2, 0) is 20.9 Å². The van der Waals surface area contributed by atoms with Crippen LogP contribution in [0.3, 0.4) is 0 Å². The third-order valence-corrected chi connectivity index (χ3v) is 8.83. The Kier molecular flexibility index (Phi) is 9.57. The molecule has 2 aliphatic carbocycles. The number of esters is 1. The van der Waals surface area contributed by atoms with Gasteiger partial charge in [-0.25, -0.2) is 4.68 Å². The summed E-state index contributed by atoms with van der Waals surface area (Å²) < 4.78 is 13.9. The quantitative estimate of drug-likeness (QED) is 0.180. The predicted octanol–water partition coefficient (Wildman–Crippen LogP) is 7.99. The highest BCUT2D eigenvalue weighted by Crippen LogP contribution is 2.50. The van der Waals surface area contributed by atoms with E-state index in [4.69, 9.17) is 19.8 Å². The Morgan fingerprint density at radius 2 is 1.77 bits per heavy atom. The first-order chi connectivity index (χ1) is 18.4. The molecule has 2 fully saturated rings. The van der Waals surface area contributed by atoms with Crippen molar-refractivity contribution in [2.45, 2.75) is 130 Å². The number of benzene rings is 1. The van der Waals surface area contributed by atoms with E-state index in [2.05, 4.69) is 44.5 Å². The number of rotatable bonds is 14. The van der Waals surface area contributed by atoms with Crippen LogP contribution in [0.25, 0.3) is 0 Å². The normalized spacial score (nSPS) is 20.6. The SMILES string of the molecule is CC(C)C(C)(C)C[C@H]1C[C@@H](n2nnc([C@@H](CCCOCc3ccccc3)CC(=O)OC(C)(C)C)c2C2CC2)C1. The van der Waals surface area contributed by atoms with E-state index < -0.39 is 5.60 Å². The zero-order valence-corrected chi connectivity index (χ0v) is 25.4. The third kappa shape index (κ3) is 8.39. The maximum absolute atomic E-state index is 12.9. The molecule has 39 heavy (non-hydrogen) atoms. The van der Waals surface area contributed by atoms with Crippen LogP contribution in [0.1, 0.15) is 135 Å². The molecule has 0 N–H and O–H groups in total. The Bertz CT molecular complexity index is 1060. The van der Waals surface area contributed by atoms with E-state index in [0.29, 0.717) is 42.9 Å². The molecular formula is C33H51N3O3. The van der Waals surface area contributed by atoms with Crippen molar-refractivity contribution in [2.24, 2.45) is 17.3 Å². The molecule has 0 bridgehead atoms. The van der Waals surface area contributed by atoms with Crippen LogP contribution in [0.4, 0.5) is 0 Å². The number of nitrogens with zero attached hydrogens (tertiary/aromatic N) is 3. The molecule has 1 aromatic heterocycles. The summed E-state index contributed by atoms with van der Waals surface area (Å²) in [6, 6.07) is 10.7. The van der Waals surface area contributed by atoms with Crippen LogP contribution in [0.2, 0.25) is 0 Å². The second-order valence-corrected chi connectivity index (χ2v) is 14.1. The fourth-order valence-electron chi connectivity index (χ4n) is 5.79. The van der Waals surface area contributed by atoms with Crippen molar-refractivity contribution >= 4 is 5.97 Å². The molecule has 1 atom stereocenters. The zero-order chi connectivity index (χ0) is 28.2. The van der Waals surface area contributed by atoms with Gasteiger partial charge in [0.15, 0.2) is 0 Å².